The van der Waals surface area contributed by atoms with Gasteiger partial charge < -0.3 is 19.5 Å². The summed E-state index contributed by atoms with van der Waals surface area (Å²) in [5, 5.41) is 19.8. The molecular weight excluding hydrogens is 495 g/mol. The molecule has 3 aromatic carbocycles. The first-order valence-electron chi connectivity index (χ1n) is 13.2. The molecule has 0 spiro atoms. The Hall–Kier alpha value is -3.87. The number of nitrogens with zero attached hydrogens (tertiary/aromatic N) is 1. The molecule has 0 amide bonds. The number of benzene rings is 3. The fraction of sp³-hybridized carbons (Fsp3) is 0.375. The van der Waals surface area contributed by atoms with Gasteiger partial charge in [0.25, 0.3) is 0 Å². The number of halogens is 1. The average molecular weight is 531 g/mol. The fourth-order valence-electron chi connectivity index (χ4n) is 5.21. The molecule has 2 aliphatic rings. The fourth-order valence-corrected chi connectivity index (χ4v) is 5.21. The number of nitrogens with one attached hydrogen (secondary N) is 1. The van der Waals surface area contributed by atoms with Gasteiger partial charge in [-0.15, -0.1) is 0 Å². The van der Waals surface area contributed by atoms with E-state index in [0.29, 0.717) is 28.0 Å². The highest BCUT2D eigenvalue weighted by Gasteiger charge is 2.34. The van der Waals surface area contributed by atoms with E-state index < -0.39 is 5.82 Å². The van der Waals surface area contributed by atoms with Gasteiger partial charge in [-0.2, -0.15) is 0 Å². The van der Waals surface area contributed by atoms with Crippen LogP contribution in [0.25, 0.3) is 0 Å². The minimum Gasteiger partial charge on any atom is -0.507 e. The maximum Gasteiger partial charge on any atom is 0.198 e. The topological polar surface area (TPSA) is 82.9 Å². The van der Waals surface area contributed by atoms with Crippen LogP contribution in [0.3, 0.4) is 0 Å². The lowest BCUT2D eigenvalue weighted by Crippen LogP contribution is -2.31. The molecule has 0 atom stereocenters. The highest BCUT2D eigenvalue weighted by atomic mass is 19.1. The standard InChI is InChI=1S/C32H35FN2O4/c1-31(2,3)22-11-20(12-23(28(22)37)32(4,5)6)24(36)15-35-14-21-13-25-29(27(33)26(21)30(35)34)39-17-19-10-8-7-9-18(19)16-38-25/h7-13,34,37H,14-17H2,1-6H3. The first-order chi connectivity index (χ1) is 18.3. The monoisotopic (exact) mass is 530 g/mol. The Balaban J connectivity index is 1.44. The van der Waals surface area contributed by atoms with E-state index in [1.165, 1.54) is 0 Å². The lowest BCUT2D eigenvalue weighted by atomic mass is 9.78. The summed E-state index contributed by atoms with van der Waals surface area (Å²) >= 11 is 0. The molecule has 5 rings (SSSR count). The van der Waals surface area contributed by atoms with Gasteiger partial charge in [0.2, 0.25) is 0 Å². The first kappa shape index (κ1) is 26.7. The number of phenolic OH excluding ortho intramolecular Hbond substituents is 1. The third-order valence-corrected chi connectivity index (χ3v) is 7.44. The maximum atomic E-state index is 15.8. The second-order valence-corrected chi connectivity index (χ2v) is 12.4. The molecule has 2 aliphatic heterocycles. The quantitative estimate of drug-likeness (QED) is 0.372. The zero-order valence-corrected chi connectivity index (χ0v) is 23.4. The number of hydrogen-bond acceptors (Lipinski definition) is 5. The van der Waals surface area contributed by atoms with Crippen molar-refractivity contribution in [3.05, 3.63) is 87.2 Å². The molecule has 2 heterocycles. The second-order valence-electron chi connectivity index (χ2n) is 12.4. The molecule has 0 radical (unpaired) electrons. The Morgan fingerprint density at radius 3 is 2.08 bits per heavy atom. The predicted molar refractivity (Wildman–Crippen MR) is 149 cm³/mol. The zero-order chi connectivity index (χ0) is 28.3. The van der Waals surface area contributed by atoms with Crippen LogP contribution >= 0.6 is 0 Å². The van der Waals surface area contributed by atoms with Crippen molar-refractivity contribution in [3.8, 4) is 17.2 Å². The molecule has 0 fully saturated rings. The van der Waals surface area contributed by atoms with Crippen molar-refractivity contribution in [1.29, 1.82) is 5.41 Å². The van der Waals surface area contributed by atoms with Crippen molar-refractivity contribution in [2.45, 2.75) is 72.1 Å². The zero-order valence-electron chi connectivity index (χ0n) is 23.4. The summed E-state index contributed by atoms with van der Waals surface area (Å²) in [6.45, 7) is 12.6. The van der Waals surface area contributed by atoms with Crippen LogP contribution in [0.1, 0.15) is 85.3 Å². The number of phenols is 1. The van der Waals surface area contributed by atoms with Crippen molar-refractivity contribution < 1.29 is 23.8 Å². The number of hydrogen-bond donors (Lipinski definition) is 2. The lowest BCUT2D eigenvalue weighted by Gasteiger charge is -2.28. The van der Waals surface area contributed by atoms with Gasteiger partial charge in [0.15, 0.2) is 23.1 Å². The van der Waals surface area contributed by atoms with E-state index in [1.54, 1.807) is 23.1 Å². The van der Waals surface area contributed by atoms with Crippen LogP contribution in [0.4, 0.5) is 4.39 Å². The molecule has 3 aromatic rings. The van der Waals surface area contributed by atoms with E-state index in [9.17, 15) is 9.90 Å². The number of carbonyl (C=O) groups excluding carboxylic acids is 1. The minimum atomic E-state index is -0.642. The highest BCUT2D eigenvalue weighted by molar-refractivity contribution is 6.06. The summed E-state index contributed by atoms with van der Waals surface area (Å²) in [4.78, 5) is 15.1. The van der Waals surface area contributed by atoms with Gasteiger partial charge >= 0.3 is 0 Å². The molecule has 2 N–H and O–H groups in total. The van der Waals surface area contributed by atoms with Crippen molar-refractivity contribution in [1.82, 2.24) is 4.90 Å². The van der Waals surface area contributed by atoms with E-state index in [2.05, 4.69) is 0 Å². The van der Waals surface area contributed by atoms with E-state index in [0.717, 1.165) is 11.1 Å². The van der Waals surface area contributed by atoms with Crippen molar-refractivity contribution in [2.75, 3.05) is 6.54 Å². The molecule has 0 unspecified atom stereocenters. The number of ether oxygens (including phenoxy) is 2. The smallest absolute Gasteiger partial charge is 0.198 e. The number of Topliss-reactive ketones (excluding diaryl/α,β-unsaturated/α-hetero) is 1. The Morgan fingerprint density at radius 2 is 1.51 bits per heavy atom. The third kappa shape index (κ3) is 4.86. The largest absolute Gasteiger partial charge is 0.507 e. The van der Waals surface area contributed by atoms with Crippen LogP contribution in [-0.4, -0.2) is 28.2 Å². The molecule has 204 valence electrons. The summed E-state index contributed by atoms with van der Waals surface area (Å²) in [5.74, 6) is -0.416. The van der Waals surface area contributed by atoms with Gasteiger partial charge in [-0.25, -0.2) is 4.39 Å². The number of rotatable bonds is 3. The number of carbonyl (C=O) groups is 1. The van der Waals surface area contributed by atoms with Gasteiger partial charge in [0.1, 0.15) is 24.8 Å². The molecular formula is C32H35FN2O4. The van der Waals surface area contributed by atoms with E-state index in [1.807, 2.05) is 65.8 Å². The summed E-state index contributed by atoms with van der Waals surface area (Å²) in [6.07, 6.45) is 0. The Labute approximate surface area is 228 Å². The maximum absolute atomic E-state index is 15.8. The van der Waals surface area contributed by atoms with Crippen LogP contribution in [0.5, 0.6) is 17.2 Å². The van der Waals surface area contributed by atoms with Gasteiger partial charge in [-0.3, -0.25) is 10.2 Å². The molecule has 39 heavy (non-hydrogen) atoms. The minimum absolute atomic E-state index is 0.00986. The van der Waals surface area contributed by atoms with Crippen molar-refractivity contribution in [2.24, 2.45) is 0 Å². The summed E-state index contributed by atoms with van der Waals surface area (Å²) in [5.41, 5.74) is 3.70. The molecule has 6 nitrogen and oxygen atoms in total. The molecule has 0 aromatic heterocycles. The SMILES string of the molecule is CC(C)(C)c1cc(C(=O)CN2Cc3cc4c(c(F)c3C2=N)OCc2ccccc2CO4)cc(C(C)(C)C)c1O. The predicted octanol–water partition coefficient (Wildman–Crippen LogP) is 6.62. The van der Waals surface area contributed by atoms with E-state index in [4.69, 9.17) is 14.9 Å². The molecule has 7 heteroatoms. The van der Waals surface area contributed by atoms with Crippen LogP contribution < -0.4 is 9.47 Å². The lowest BCUT2D eigenvalue weighted by molar-refractivity contribution is 0.0962. The highest BCUT2D eigenvalue weighted by Crippen LogP contribution is 2.42. The number of fused-ring (bicyclic) bond motifs is 3. The van der Waals surface area contributed by atoms with Crippen molar-refractivity contribution in [3.63, 3.8) is 0 Å². The summed E-state index contributed by atoms with van der Waals surface area (Å²) in [7, 11) is 0. The van der Waals surface area contributed by atoms with Crippen LogP contribution in [-0.2, 0) is 30.6 Å². The Kier molecular flexibility index (Phi) is 6.44. The average Bonchev–Trinajstić information content (AvgIpc) is 3.14. The van der Waals surface area contributed by atoms with Crippen LogP contribution in [0, 0.1) is 11.2 Å². The Morgan fingerprint density at radius 1 is 0.949 bits per heavy atom. The van der Waals surface area contributed by atoms with Gasteiger partial charge in [0.05, 0.1) is 12.1 Å². The Bertz CT molecular complexity index is 1460. The number of ketones is 1. The molecule has 0 saturated heterocycles. The van der Waals surface area contributed by atoms with Crippen LogP contribution in [0.15, 0.2) is 42.5 Å². The first-order valence-corrected chi connectivity index (χ1v) is 13.2. The van der Waals surface area contributed by atoms with E-state index >= 15 is 4.39 Å². The van der Waals surface area contributed by atoms with Crippen molar-refractivity contribution >= 4 is 11.6 Å². The summed E-state index contributed by atoms with van der Waals surface area (Å²) in [6, 6.07) is 12.9. The number of amidine groups is 1. The van der Waals surface area contributed by atoms with Gasteiger partial charge in [-0.1, -0.05) is 65.8 Å². The van der Waals surface area contributed by atoms with Crippen LogP contribution in [0.2, 0.25) is 0 Å². The summed E-state index contributed by atoms with van der Waals surface area (Å²) < 4.78 is 27.5. The van der Waals surface area contributed by atoms with Gasteiger partial charge in [-0.05, 0) is 45.7 Å². The van der Waals surface area contributed by atoms with Gasteiger partial charge in [0, 0.05) is 23.2 Å². The second kappa shape index (κ2) is 9.40. The van der Waals surface area contributed by atoms with E-state index in [-0.39, 0.29) is 65.8 Å². The molecule has 0 bridgehead atoms. The molecule has 0 aliphatic carbocycles. The number of aromatic hydroxyl groups is 1. The normalized spacial score (nSPS) is 14.9. The third-order valence-electron chi connectivity index (χ3n) is 7.44. The molecule has 0 saturated carbocycles.